The van der Waals surface area contributed by atoms with Crippen LogP contribution in [0.3, 0.4) is 0 Å². The molecule has 1 atom stereocenters. The number of halogens is 1. The molecule has 27 heavy (non-hydrogen) atoms. The van der Waals surface area contributed by atoms with Crippen molar-refractivity contribution in [2.45, 2.75) is 35.2 Å². The molecule has 3 rings (SSSR count). The van der Waals surface area contributed by atoms with Crippen molar-refractivity contribution in [2.24, 2.45) is 0 Å². The maximum Gasteiger partial charge on any atom is 0.268 e. The predicted octanol–water partition coefficient (Wildman–Crippen LogP) is 2.80. The molecule has 0 fully saturated rings. The Hall–Kier alpha value is -1.84. The Morgan fingerprint density at radius 3 is 3.00 bits per heavy atom. The third-order valence-electron chi connectivity index (χ3n) is 3.96. The minimum atomic E-state index is -0.491. The van der Waals surface area contributed by atoms with Gasteiger partial charge in [-0.25, -0.2) is 9.37 Å². The molecular formula is C18H20FN3O3S2. The molecule has 144 valence electrons. The molecule has 0 unspecified atom stereocenters. The van der Waals surface area contributed by atoms with Gasteiger partial charge < -0.3 is 10.1 Å². The number of nitrogens with zero attached hydrogens (tertiary/aromatic N) is 2. The largest absolute Gasteiger partial charge is 0.383 e. The van der Waals surface area contributed by atoms with Crippen LogP contribution in [0.5, 0.6) is 0 Å². The lowest BCUT2D eigenvalue weighted by Gasteiger charge is -2.13. The van der Waals surface area contributed by atoms with Crippen LogP contribution in [0.15, 0.2) is 39.1 Å². The van der Waals surface area contributed by atoms with Crippen LogP contribution >= 0.6 is 23.5 Å². The van der Waals surface area contributed by atoms with Gasteiger partial charge in [-0.2, -0.15) is 0 Å². The van der Waals surface area contributed by atoms with Gasteiger partial charge in [0, 0.05) is 18.8 Å². The molecule has 0 radical (unpaired) electrons. The van der Waals surface area contributed by atoms with Gasteiger partial charge in [0.15, 0.2) is 5.16 Å². The van der Waals surface area contributed by atoms with Crippen molar-refractivity contribution in [2.75, 3.05) is 24.8 Å². The fourth-order valence-electron chi connectivity index (χ4n) is 2.70. The highest BCUT2D eigenvalue weighted by Crippen LogP contribution is 2.34. The summed E-state index contributed by atoms with van der Waals surface area (Å²) >= 11 is 2.70. The minimum Gasteiger partial charge on any atom is -0.383 e. The fourth-order valence-corrected chi connectivity index (χ4v) is 4.66. The minimum absolute atomic E-state index is 0.0231. The number of carbonyl (C=O) groups is 1. The molecule has 9 heteroatoms. The van der Waals surface area contributed by atoms with Gasteiger partial charge in [0.05, 0.1) is 35.2 Å². The Morgan fingerprint density at radius 2 is 2.26 bits per heavy atom. The molecular weight excluding hydrogens is 389 g/mol. The number of aromatic nitrogens is 2. The number of carbonyl (C=O) groups excluding carboxylic acids is 1. The van der Waals surface area contributed by atoms with Crippen LogP contribution in [0.25, 0.3) is 0 Å². The van der Waals surface area contributed by atoms with Crippen LogP contribution in [0.4, 0.5) is 10.1 Å². The zero-order valence-corrected chi connectivity index (χ0v) is 16.7. The second-order valence-corrected chi connectivity index (χ2v) is 8.46. The molecule has 1 aromatic carbocycles. The summed E-state index contributed by atoms with van der Waals surface area (Å²) < 4.78 is 20.3. The summed E-state index contributed by atoms with van der Waals surface area (Å²) in [5.74, 6) is -0.828. The number of amides is 1. The molecule has 1 amide bonds. The van der Waals surface area contributed by atoms with Gasteiger partial charge in [0.2, 0.25) is 5.91 Å². The first-order valence-corrected chi connectivity index (χ1v) is 10.3. The molecule has 0 spiro atoms. The van der Waals surface area contributed by atoms with Crippen molar-refractivity contribution in [3.05, 3.63) is 46.1 Å². The average Bonchev–Trinajstić information content (AvgIpc) is 3.02. The van der Waals surface area contributed by atoms with Gasteiger partial charge in [-0.3, -0.25) is 14.2 Å². The lowest BCUT2D eigenvalue weighted by Crippen LogP contribution is -2.27. The number of hydrogen-bond acceptors (Lipinski definition) is 6. The molecule has 1 N–H and O–H groups in total. The van der Waals surface area contributed by atoms with Crippen molar-refractivity contribution in [1.82, 2.24) is 9.55 Å². The predicted molar refractivity (Wildman–Crippen MR) is 105 cm³/mol. The third-order valence-corrected chi connectivity index (χ3v) is 6.15. The summed E-state index contributed by atoms with van der Waals surface area (Å²) in [5, 5.41) is 3.33. The zero-order chi connectivity index (χ0) is 19.4. The molecule has 1 aliphatic rings. The van der Waals surface area contributed by atoms with E-state index in [1.165, 1.54) is 23.9 Å². The molecule has 0 aliphatic carbocycles. The molecule has 1 aliphatic heterocycles. The number of benzene rings is 1. The van der Waals surface area contributed by atoms with E-state index < -0.39 is 5.82 Å². The number of hydrogen-bond donors (Lipinski definition) is 1. The van der Waals surface area contributed by atoms with Gasteiger partial charge in [0.1, 0.15) is 5.82 Å². The van der Waals surface area contributed by atoms with Crippen LogP contribution in [-0.2, 0) is 22.5 Å². The van der Waals surface area contributed by atoms with E-state index in [0.29, 0.717) is 28.5 Å². The van der Waals surface area contributed by atoms with Gasteiger partial charge in [0.25, 0.3) is 5.56 Å². The summed E-state index contributed by atoms with van der Waals surface area (Å²) in [6.07, 6.45) is 0.731. The van der Waals surface area contributed by atoms with Crippen molar-refractivity contribution in [3.63, 3.8) is 0 Å². The SMILES string of the molecule is COCCn1c(SCC(=O)Nc2ccccc2F)nc2c(c1=O)S[C@H](C)C2. The highest BCUT2D eigenvalue weighted by atomic mass is 32.2. The van der Waals surface area contributed by atoms with E-state index in [2.05, 4.69) is 17.2 Å². The topological polar surface area (TPSA) is 73.2 Å². The maximum atomic E-state index is 13.7. The first-order valence-electron chi connectivity index (χ1n) is 8.46. The van der Waals surface area contributed by atoms with E-state index in [9.17, 15) is 14.0 Å². The number of methoxy groups -OCH3 is 1. The van der Waals surface area contributed by atoms with E-state index in [1.54, 1.807) is 23.8 Å². The molecule has 6 nitrogen and oxygen atoms in total. The highest BCUT2D eigenvalue weighted by molar-refractivity contribution is 8.00. The lowest BCUT2D eigenvalue weighted by molar-refractivity contribution is -0.113. The van der Waals surface area contributed by atoms with Crippen LogP contribution in [-0.4, -0.2) is 40.2 Å². The zero-order valence-electron chi connectivity index (χ0n) is 15.0. The molecule has 2 aromatic rings. The number of anilines is 1. The molecule has 0 bridgehead atoms. The molecule has 1 aromatic heterocycles. The summed E-state index contributed by atoms with van der Waals surface area (Å²) in [6, 6.07) is 5.99. The smallest absolute Gasteiger partial charge is 0.268 e. The van der Waals surface area contributed by atoms with E-state index >= 15 is 0 Å². The Labute approximate surface area is 164 Å². The highest BCUT2D eigenvalue weighted by Gasteiger charge is 2.26. The molecule has 2 heterocycles. The van der Waals surface area contributed by atoms with E-state index in [0.717, 1.165) is 23.9 Å². The fraction of sp³-hybridized carbons (Fsp3) is 0.389. The van der Waals surface area contributed by atoms with Gasteiger partial charge in [-0.05, 0) is 12.1 Å². The summed E-state index contributed by atoms with van der Waals surface area (Å²) in [6.45, 7) is 2.79. The number of thioether (sulfide) groups is 2. The Bertz CT molecular complexity index is 904. The average molecular weight is 410 g/mol. The second kappa shape index (κ2) is 8.90. The normalized spacial score (nSPS) is 15.6. The van der Waals surface area contributed by atoms with Crippen LogP contribution < -0.4 is 10.9 Å². The first-order chi connectivity index (χ1) is 13.0. The number of fused-ring (bicyclic) bond motifs is 1. The summed E-state index contributed by atoms with van der Waals surface area (Å²) in [5.41, 5.74) is 0.818. The van der Waals surface area contributed by atoms with Crippen molar-refractivity contribution < 1.29 is 13.9 Å². The Morgan fingerprint density at radius 1 is 1.48 bits per heavy atom. The van der Waals surface area contributed by atoms with Crippen molar-refractivity contribution in [3.8, 4) is 0 Å². The molecule has 0 saturated heterocycles. The maximum absolute atomic E-state index is 13.7. The van der Waals surface area contributed by atoms with Gasteiger partial charge >= 0.3 is 0 Å². The molecule has 0 saturated carbocycles. The number of ether oxygens (including phenoxy) is 1. The summed E-state index contributed by atoms with van der Waals surface area (Å²) in [4.78, 5) is 30.3. The Kier molecular flexibility index (Phi) is 6.56. The van der Waals surface area contributed by atoms with E-state index in [1.807, 2.05) is 0 Å². The van der Waals surface area contributed by atoms with Crippen molar-refractivity contribution >= 4 is 35.1 Å². The number of para-hydroxylation sites is 1. The van der Waals surface area contributed by atoms with E-state index in [4.69, 9.17) is 4.74 Å². The number of rotatable bonds is 7. The van der Waals surface area contributed by atoms with Crippen LogP contribution in [0, 0.1) is 5.82 Å². The lowest BCUT2D eigenvalue weighted by atomic mass is 10.2. The standard InChI is InChI=1S/C18H20FN3O3S2/c1-11-9-14-16(27-11)17(24)22(7-8-25-2)18(21-14)26-10-15(23)20-13-6-4-3-5-12(13)19/h3-6,11H,7-10H2,1-2H3,(H,20,23)/t11-/m1/s1. The van der Waals surface area contributed by atoms with Gasteiger partial charge in [-0.1, -0.05) is 30.8 Å². The van der Waals surface area contributed by atoms with E-state index in [-0.39, 0.29) is 22.9 Å². The number of nitrogens with one attached hydrogen (secondary N) is 1. The van der Waals surface area contributed by atoms with Gasteiger partial charge in [-0.15, -0.1) is 11.8 Å². The van der Waals surface area contributed by atoms with Crippen molar-refractivity contribution in [1.29, 1.82) is 0 Å². The third kappa shape index (κ3) is 4.72. The second-order valence-electron chi connectivity index (χ2n) is 6.07. The monoisotopic (exact) mass is 409 g/mol. The van der Waals surface area contributed by atoms with Crippen LogP contribution in [0.1, 0.15) is 12.6 Å². The first kappa shape index (κ1) is 19.9. The quantitative estimate of drug-likeness (QED) is 0.560. The Balaban J connectivity index is 1.76. The summed E-state index contributed by atoms with van der Waals surface area (Å²) in [7, 11) is 1.57. The van der Waals surface area contributed by atoms with Crippen LogP contribution in [0.2, 0.25) is 0 Å².